The smallest absolute Gasteiger partial charge is 0.261 e. The number of carbonyl (C=O) groups excluding carboxylic acids is 2. The van der Waals surface area contributed by atoms with Gasteiger partial charge >= 0.3 is 0 Å². The largest absolute Gasteiger partial charge is 0.497 e. The standard InChI is InChI=1S/C42H38N4O8S2/c1-27-25-31(9-23-39(27)43-41(47)29-5-11-33(12-6-29)45-55(49,50)37-19-15-35(53-3)16-20-37)32-10-24-40(28(2)26-32)44-42(48)30-7-13-34(14-8-30)46-56(51,52)38-21-17-36(54-4)18-22-38/h5-26,45-46H,1-4H3,(H,43,47)(H,44,48). The Morgan fingerprint density at radius 2 is 0.804 bits per heavy atom. The molecule has 2 amide bonds. The summed E-state index contributed by atoms with van der Waals surface area (Å²) in [5.74, 6) is 0.367. The molecule has 0 fully saturated rings. The summed E-state index contributed by atoms with van der Waals surface area (Å²) in [6.07, 6.45) is 0. The molecule has 4 N–H and O–H groups in total. The zero-order valence-corrected chi connectivity index (χ0v) is 32.4. The van der Waals surface area contributed by atoms with Gasteiger partial charge in [0.25, 0.3) is 31.9 Å². The first-order chi connectivity index (χ1) is 26.7. The number of carbonyl (C=O) groups is 2. The van der Waals surface area contributed by atoms with Gasteiger partial charge in [-0.1, -0.05) is 12.1 Å². The molecule has 0 aromatic heterocycles. The highest BCUT2D eigenvalue weighted by Gasteiger charge is 2.17. The van der Waals surface area contributed by atoms with Crippen LogP contribution in [0.4, 0.5) is 22.7 Å². The van der Waals surface area contributed by atoms with Crippen LogP contribution in [0, 0.1) is 13.8 Å². The van der Waals surface area contributed by atoms with Crippen LogP contribution in [0.2, 0.25) is 0 Å². The summed E-state index contributed by atoms with van der Waals surface area (Å²) >= 11 is 0. The van der Waals surface area contributed by atoms with E-state index in [0.29, 0.717) is 45.4 Å². The van der Waals surface area contributed by atoms with Gasteiger partial charge in [0.05, 0.1) is 24.0 Å². The van der Waals surface area contributed by atoms with Gasteiger partial charge in [-0.2, -0.15) is 0 Å². The summed E-state index contributed by atoms with van der Waals surface area (Å²) in [6.45, 7) is 3.76. The minimum Gasteiger partial charge on any atom is -0.497 e. The molecule has 0 saturated carbocycles. The average Bonchev–Trinajstić information content (AvgIpc) is 3.19. The molecule has 0 unspecified atom stereocenters. The van der Waals surface area contributed by atoms with E-state index in [-0.39, 0.29) is 21.6 Å². The fourth-order valence-electron chi connectivity index (χ4n) is 5.67. The lowest BCUT2D eigenvalue weighted by atomic mass is 9.99. The number of hydrogen-bond donors (Lipinski definition) is 4. The van der Waals surface area contributed by atoms with Crippen LogP contribution in [-0.2, 0) is 20.0 Å². The molecular weight excluding hydrogens is 753 g/mol. The zero-order chi connectivity index (χ0) is 40.0. The topological polar surface area (TPSA) is 169 Å². The number of nitrogens with one attached hydrogen (secondary N) is 4. The maximum Gasteiger partial charge on any atom is 0.261 e. The van der Waals surface area contributed by atoms with E-state index < -0.39 is 20.0 Å². The third-order valence-electron chi connectivity index (χ3n) is 8.82. The molecule has 0 radical (unpaired) electrons. The van der Waals surface area contributed by atoms with Gasteiger partial charge in [-0.25, -0.2) is 16.8 Å². The molecule has 0 spiro atoms. The highest BCUT2D eigenvalue weighted by Crippen LogP contribution is 2.29. The number of aryl methyl sites for hydroxylation is 2. The second-order valence-electron chi connectivity index (χ2n) is 12.7. The monoisotopic (exact) mass is 790 g/mol. The number of ether oxygens (including phenoxy) is 2. The van der Waals surface area contributed by atoms with E-state index in [2.05, 4.69) is 20.1 Å². The van der Waals surface area contributed by atoms with Crippen molar-refractivity contribution in [3.05, 3.63) is 156 Å². The third kappa shape index (κ3) is 9.17. The van der Waals surface area contributed by atoms with Crippen molar-refractivity contribution in [1.29, 1.82) is 0 Å². The summed E-state index contributed by atoms with van der Waals surface area (Å²) in [7, 11) is -4.67. The van der Waals surface area contributed by atoms with E-state index in [4.69, 9.17) is 9.47 Å². The Morgan fingerprint density at radius 1 is 0.464 bits per heavy atom. The maximum atomic E-state index is 13.1. The molecule has 286 valence electrons. The molecule has 0 saturated heterocycles. The molecule has 6 rings (SSSR count). The van der Waals surface area contributed by atoms with Gasteiger partial charge < -0.3 is 20.1 Å². The van der Waals surface area contributed by atoms with Gasteiger partial charge in [-0.05, 0) is 157 Å². The molecule has 0 atom stereocenters. The van der Waals surface area contributed by atoms with Gasteiger partial charge in [-0.3, -0.25) is 19.0 Å². The van der Waals surface area contributed by atoms with Crippen LogP contribution >= 0.6 is 0 Å². The Kier molecular flexibility index (Phi) is 11.4. The van der Waals surface area contributed by atoms with Crippen LogP contribution in [0.1, 0.15) is 31.8 Å². The second-order valence-corrected chi connectivity index (χ2v) is 16.0. The lowest BCUT2D eigenvalue weighted by molar-refractivity contribution is 0.101. The molecule has 0 bridgehead atoms. The molecule has 0 aliphatic heterocycles. The van der Waals surface area contributed by atoms with Gasteiger partial charge in [0, 0.05) is 33.9 Å². The molecule has 56 heavy (non-hydrogen) atoms. The van der Waals surface area contributed by atoms with Crippen LogP contribution in [0.25, 0.3) is 11.1 Å². The van der Waals surface area contributed by atoms with Gasteiger partial charge in [0.15, 0.2) is 0 Å². The number of hydrogen-bond acceptors (Lipinski definition) is 8. The minimum absolute atomic E-state index is 0.0777. The number of methoxy groups -OCH3 is 2. The van der Waals surface area contributed by atoms with Crippen molar-refractivity contribution in [2.45, 2.75) is 23.6 Å². The van der Waals surface area contributed by atoms with Gasteiger partial charge in [0.2, 0.25) is 0 Å². The number of rotatable bonds is 13. The maximum absolute atomic E-state index is 13.1. The second kappa shape index (κ2) is 16.4. The van der Waals surface area contributed by atoms with E-state index in [1.165, 1.54) is 87.0 Å². The highest BCUT2D eigenvalue weighted by molar-refractivity contribution is 7.93. The fraction of sp³-hybridized carbons (Fsp3) is 0.0952. The van der Waals surface area contributed by atoms with Crippen molar-refractivity contribution in [3.63, 3.8) is 0 Å². The van der Waals surface area contributed by atoms with Crippen molar-refractivity contribution in [2.24, 2.45) is 0 Å². The number of amides is 2. The molecule has 6 aromatic carbocycles. The summed E-state index contributed by atoms with van der Waals surface area (Å²) < 4.78 is 66.3. The minimum atomic E-state index is -3.83. The van der Waals surface area contributed by atoms with Crippen molar-refractivity contribution in [3.8, 4) is 22.6 Å². The van der Waals surface area contributed by atoms with E-state index in [1.807, 2.05) is 50.2 Å². The van der Waals surface area contributed by atoms with E-state index in [9.17, 15) is 26.4 Å². The predicted molar refractivity (Wildman–Crippen MR) is 218 cm³/mol. The SMILES string of the molecule is COc1ccc(S(=O)(=O)Nc2ccc(C(=O)Nc3ccc(-c4ccc(NC(=O)c5ccc(NS(=O)(=O)c6ccc(OC)cc6)cc5)c(C)c4)cc3C)cc2)cc1. The average molecular weight is 791 g/mol. The Hall–Kier alpha value is -6.64. The first-order valence-corrected chi connectivity index (χ1v) is 20.1. The van der Waals surface area contributed by atoms with Crippen molar-refractivity contribution < 1.29 is 35.9 Å². The summed E-state index contributed by atoms with van der Waals surface area (Å²) in [4.78, 5) is 26.3. The van der Waals surface area contributed by atoms with Crippen LogP contribution in [0.3, 0.4) is 0 Å². The molecule has 14 heteroatoms. The first kappa shape index (κ1) is 39.1. The normalized spacial score (nSPS) is 11.3. The Morgan fingerprint density at radius 3 is 1.11 bits per heavy atom. The molecule has 12 nitrogen and oxygen atoms in total. The van der Waals surface area contributed by atoms with Crippen LogP contribution in [0.15, 0.2) is 143 Å². The Bertz CT molecular complexity index is 2430. The first-order valence-electron chi connectivity index (χ1n) is 17.1. The van der Waals surface area contributed by atoms with E-state index in [0.717, 1.165) is 22.3 Å². The Balaban J connectivity index is 1.05. The molecule has 0 aliphatic rings. The van der Waals surface area contributed by atoms with Crippen LogP contribution in [-0.4, -0.2) is 42.9 Å². The molecule has 0 aliphatic carbocycles. The highest BCUT2D eigenvalue weighted by atomic mass is 32.2. The quantitative estimate of drug-likeness (QED) is 0.0910. The van der Waals surface area contributed by atoms with Crippen LogP contribution < -0.4 is 29.6 Å². The Labute approximate surface area is 325 Å². The predicted octanol–water partition coefficient (Wildman–Crippen LogP) is 8.09. The van der Waals surface area contributed by atoms with Gasteiger partial charge in [-0.15, -0.1) is 0 Å². The summed E-state index contributed by atoms with van der Waals surface area (Å²) in [5, 5.41) is 5.84. The third-order valence-corrected chi connectivity index (χ3v) is 11.6. The zero-order valence-electron chi connectivity index (χ0n) is 30.8. The van der Waals surface area contributed by atoms with Crippen molar-refractivity contribution >= 4 is 54.6 Å². The molecule has 6 aromatic rings. The number of sulfonamides is 2. The van der Waals surface area contributed by atoms with Crippen molar-refractivity contribution in [2.75, 3.05) is 34.3 Å². The lowest BCUT2D eigenvalue weighted by Crippen LogP contribution is -2.14. The van der Waals surface area contributed by atoms with Crippen LogP contribution in [0.5, 0.6) is 11.5 Å². The van der Waals surface area contributed by atoms with Gasteiger partial charge in [0.1, 0.15) is 11.5 Å². The summed E-state index contributed by atoms with van der Waals surface area (Å²) in [6, 6.07) is 35.6. The molecular formula is C42H38N4O8S2. The fourth-order valence-corrected chi connectivity index (χ4v) is 7.79. The van der Waals surface area contributed by atoms with E-state index >= 15 is 0 Å². The number of anilines is 4. The number of benzene rings is 6. The molecule has 0 heterocycles. The van der Waals surface area contributed by atoms with Crippen molar-refractivity contribution in [1.82, 2.24) is 0 Å². The van der Waals surface area contributed by atoms with E-state index in [1.54, 1.807) is 24.3 Å². The lowest BCUT2D eigenvalue weighted by Gasteiger charge is -2.14. The summed E-state index contributed by atoms with van der Waals surface area (Å²) in [5.41, 5.74) is 5.99.